The van der Waals surface area contributed by atoms with Gasteiger partial charge >= 0.3 is 0 Å². The minimum Gasteiger partial charge on any atom is -0.331 e. The van der Waals surface area contributed by atoms with E-state index in [-0.39, 0.29) is 0 Å². The first kappa shape index (κ1) is 12.2. The van der Waals surface area contributed by atoms with Gasteiger partial charge in [0.2, 0.25) is 0 Å². The molecule has 3 rings (SSSR count). The SMILES string of the molecule is Cc1ccc(Nc2nc3c(C)cccc3s2)c(C)c1. The highest BCUT2D eigenvalue weighted by Gasteiger charge is 2.07. The highest BCUT2D eigenvalue weighted by molar-refractivity contribution is 7.22. The molecule has 0 unspecified atom stereocenters. The summed E-state index contributed by atoms with van der Waals surface area (Å²) in [5.74, 6) is 0. The maximum Gasteiger partial charge on any atom is 0.188 e. The predicted octanol–water partition coefficient (Wildman–Crippen LogP) is 4.97. The van der Waals surface area contributed by atoms with Gasteiger partial charge in [0.05, 0.1) is 10.2 Å². The zero-order chi connectivity index (χ0) is 13.4. The van der Waals surface area contributed by atoms with Crippen LogP contribution < -0.4 is 5.32 Å². The molecule has 0 amide bonds. The first-order valence-electron chi connectivity index (χ1n) is 6.34. The Kier molecular flexibility index (Phi) is 2.99. The van der Waals surface area contributed by atoms with Gasteiger partial charge < -0.3 is 5.32 Å². The molecule has 3 heteroatoms. The van der Waals surface area contributed by atoms with Gasteiger partial charge in [0.15, 0.2) is 5.13 Å². The summed E-state index contributed by atoms with van der Waals surface area (Å²) in [6, 6.07) is 12.7. The van der Waals surface area contributed by atoms with Crippen LogP contribution in [0, 0.1) is 20.8 Å². The number of nitrogens with zero attached hydrogens (tertiary/aromatic N) is 1. The van der Waals surface area contributed by atoms with Crippen molar-refractivity contribution in [1.29, 1.82) is 0 Å². The first-order valence-corrected chi connectivity index (χ1v) is 7.15. The van der Waals surface area contributed by atoms with Crippen molar-refractivity contribution >= 4 is 32.4 Å². The number of nitrogens with one attached hydrogen (secondary N) is 1. The van der Waals surface area contributed by atoms with Gasteiger partial charge in [-0.25, -0.2) is 4.98 Å². The largest absolute Gasteiger partial charge is 0.331 e. The summed E-state index contributed by atoms with van der Waals surface area (Å²) in [4.78, 5) is 4.68. The van der Waals surface area contributed by atoms with Crippen molar-refractivity contribution in [3.63, 3.8) is 0 Å². The van der Waals surface area contributed by atoms with E-state index in [0.29, 0.717) is 0 Å². The van der Waals surface area contributed by atoms with Gasteiger partial charge in [-0.2, -0.15) is 0 Å². The van der Waals surface area contributed by atoms with Gasteiger partial charge in [-0.3, -0.25) is 0 Å². The van der Waals surface area contributed by atoms with Gasteiger partial charge in [-0.05, 0) is 44.0 Å². The third-order valence-electron chi connectivity index (χ3n) is 3.24. The topological polar surface area (TPSA) is 24.9 Å². The highest BCUT2D eigenvalue weighted by atomic mass is 32.1. The number of hydrogen-bond donors (Lipinski definition) is 1. The van der Waals surface area contributed by atoms with Gasteiger partial charge in [-0.15, -0.1) is 0 Å². The average Bonchev–Trinajstić information content (AvgIpc) is 2.77. The number of aromatic nitrogens is 1. The lowest BCUT2D eigenvalue weighted by Crippen LogP contribution is -1.92. The second-order valence-electron chi connectivity index (χ2n) is 4.88. The van der Waals surface area contributed by atoms with Crippen molar-refractivity contribution in [2.24, 2.45) is 0 Å². The number of benzene rings is 2. The van der Waals surface area contributed by atoms with E-state index in [2.05, 4.69) is 67.5 Å². The van der Waals surface area contributed by atoms with Crippen LogP contribution in [-0.4, -0.2) is 4.98 Å². The lowest BCUT2D eigenvalue weighted by Gasteiger charge is -2.07. The summed E-state index contributed by atoms with van der Waals surface area (Å²) in [5.41, 5.74) is 5.98. The number of fused-ring (bicyclic) bond motifs is 1. The molecule has 19 heavy (non-hydrogen) atoms. The lowest BCUT2D eigenvalue weighted by atomic mass is 10.1. The smallest absolute Gasteiger partial charge is 0.188 e. The molecule has 0 fully saturated rings. The molecule has 1 N–H and O–H groups in total. The molecule has 2 aromatic carbocycles. The summed E-state index contributed by atoms with van der Waals surface area (Å²) in [6.45, 7) is 6.33. The Labute approximate surface area is 117 Å². The number of hydrogen-bond acceptors (Lipinski definition) is 3. The quantitative estimate of drug-likeness (QED) is 0.710. The van der Waals surface area contributed by atoms with Crippen molar-refractivity contribution < 1.29 is 0 Å². The summed E-state index contributed by atoms with van der Waals surface area (Å²) >= 11 is 1.70. The summed E-state index contributed by atoms with van der Waals surface area (Å²) < 4.78 is 1.23. The van der Waals surface area contributed by atoms with E-state index in [4.69, 9.17) is 0 Å². The van der Waals surface area contributed by atoms with Crippen molar-refractivity contribution in [2.45, 2.75) is 20.8 Å². The molecule has 0 atom stereocenters. The van der Waals surface area contributed by atoms with Crippen LogP contribution in [0.2, 0.25) is 0 Å². The molecule has 0 aliphatic rings. The van der Waals surface area contributed by atoms with Crippen LogP contribution in [0.15, 0.2) is 36.4 Å². The molecule has 1 heterocycles. The van der Waals surface area contributed by atoms with Crippen LogP contribution >= 0.6 is 11.3 Å². The monoisotopic (exact) mass is 268 g/mol. The number of aryl methyl sites for hydroxylation is 3. The van der Waals surface area contributed by atoms with Crippen LogP contribution in [0.5, 0.6) is 0 Å². The molecule has 0 spiro atoms. The first-order chi connectivity index (χ1) is 9.13. The van der Waals surface area contributed by atoms with E-state index < -0.39 is 0 Å². The Balaban J connectivity index is 1.99. The van der Waals surface area contributed by atoms with E-state index >= 15 is 0 Å². The summed E-state index contributed by atoms with van der Waals surface area (Å²) in [7, 11) is 0. The van der Waals surface area contributed by atoms with Gasteiger partial charge in [-0.1, -0.05) is 41.2 Å². The normalized spacial score (nSPS) is 10.9. The summed E-state index contributed by atoms with van der Waals surface area (Å²) in [5, 5.41) is 4.38. The van der Waals surface area contributed by atoms with Gasteiger partial charge in [0.25, 0.3) is 0 Å². The third kappa shape index (κ3) is 2.34. The van der Waals surface area contributed by atoms with E-state index in [1.807, 2.05) is 0 Å². The van der Waals surface area contributed by atoms with Gasteiger partial charge in [0.1, 0.15) is 0 Å². The Morgan fingerprint density at radius 3 is 2.58 bits per heavy atom. The third-order valence-corrected chi connectivity index (χ3v) is 4.18. The molecular formula is C16H16N2S. The van der Waals surface area contributed by atoms with Crippen molar-refractivity contribution in [3.8, 4) is 0 Å². The van der Waals surface area contributed by atoms with Crippen molar-refractivity contribution in [3.05, 3.63) is 53.1 Å². The van der Waals surface area contributed by atoms with E-state index in [9.17, 15) is 0 Å². The molecule has 96 valence electrons. The molecule has 0 saturated heterocycles. The fourth-order valence-corrected chi connectivity index (χ4v) is 3.16. The lowest BCUT2D eigenvalue weighted by molar-refractivity contribution is 1.35. The molecule has 2 nitrogen and oxygen atoms in total. The zero-order valence-corrected chi connectivity index (χ0v) is 12.1. The van der Waals surface area contributed by atoms with Crippen LogP contribution in [0.1, 0.15) is 16.7 Å². The number of rotatable bonds is 2. The zero-order valence-electron chi connectivity index (χ0n) is 11.3. The molecule has 0 aliphatic heterocycles. The fourth-order valence-electron chi connectivity index (χ4n) is 2.21. The Hall–Kier alpha value is -1.87. The van der Waals surface area contributed by atoms with E-state index in [1.54, 1.807) is 11.3 Å². The highest BCUT2D eigenvalue weighted by Crippen LogP contribution is 2.30. The number of anilines is 2. The Morgan fingerprint density at radius 2 is 1.84 bits per heavy atom. The molecule has 3 aromatic rings. The maximum absolute atomic E-state index is 4.68. The molecule has 0 aliphatic carbocycles. The van der Waals surface area contributed by atoms with Crippen LogP contribution in [0.25, 0.3) is 10.2 Å². The molecule has 0 radical (unpaired) electrons. The van der Waals surface area contributed by atoms with E-state index in [0.717, 1.165) is 16.3 Å². The minimum atomic E-state index is 0.955. The van der Waals surface area contributed by atoms with E-state index in [1.165, 1.54) is 21.4 Å². The average molecular weight is 268 g/mol. The molecule has 1 aromatic heterocycles. The maximum atomic E-state index is 4.68. The fraction of sp³-hybridized carbons (Fsp3) is 0.188. The predicted molar refractivity (Wildman–Crippen MR) is 83.6 cm³/mol. The molecule has 0 bridgehead atoms. The Bertz CT molecular complexity index is 744. The molecule has 0 saturated carbocycles. The standard InChI is InChI=1S/C16H16N2S/c1-10-7-8-13(12(3)9-10)17-16-18-15-11(2)5-4-6-14(15)19-16/h4-9H,1-3H3,(H,17,18). The van der Waals surface area contributed by atoms with Crippen LogP contribution in [-0.2, 0) is 0 Å². The second kappa shape index (κ2) is 4.67. The van der Waals surface area contributed by atoms with Gasteiger partial charge in [0, 0.05) is 5.69 Å². The number of thiazole rings is 1. The second-order valence-corrected chi connectivity index (χ2v) is 5.91. The van der Waals surface area contributed by atoms with Crippen LogP contribution in [0.4, 0.5) is 10.8 Å². The van der Waals surface area contributed by atoms with Crippen molar-refractivity contribution in [1.82, 2.24) is 4.98 Å². The number of para-hydroxylation sites is 1. The Morgan fingerprint density at radius 1 is 1.00 bits per heavy atom. The minimum absolute atomic E-state index is 0.955. The summed E-state index contributed by atoms with van der Waals surface area (Å²) in [6.07, 6.45) is 0. The van der Waals surface area contributed by atoms with Crippen molar-refractivity contribution in [2.75, 3.05) is 5.32 Å². The van der Waals surface area contributed by atoms with Crippen LogP contribution in [0.3, 0.4) is 0 Å². The molecular weight excluding hydrogens is 252 g/mol.